The van der Waals surface area contributed by atoms with E-state index in [1.54, 1.807) is 14.0 Å². The zero-order valence-corrected chi connectivity index (χ0v) is 13.2. The van der Waals surface area contributed by atoms with Crippen molar-refractivity contribution in [2.24, 2.45) is 5.92 Å². The average molecular weight is 343 g/mol. The molecule has 2 N–H and O–H groups in total. The number of carboxylic acid groups (broad SMARTS) is 1. The summed E-state index contributed by atoms with van der Waals surface area (Å²) >= 11 is 3.35. The fourth-order valence-corrected chi connectivity index (χ4v) is 1.95. The minimum absolute atomic E-state index is 0.148. The number of urea groups is 1. The summed E-state index contributed by atoms with van der Waals surface area (Å²) in [6.07, 6.45) is 0.492. The van der Waals surface area contributed by atoms with Gasteiger partial charge in [0.1, 0.15) is 0 Å². The van der Waals surface area contributed by atoms with Crippen LogP contribution in [0.25, 0.3) is 0 Å². The molecule has 1 aromatic rings. The first-order chi connectivity index (χ1) is 9.43. The van der Waals surface area contributed by atoms with E-state index in [-0.39, 0.29) is 12.6 Å². The van der Waals surface area contributed by atoms with Gasteiger partial charge in [-0.2, -0.15) is 0 Å². The van der Waals surface area contributed by atoms with Crippen LogP contribution in [0, 0.1) is 5.92 Å². The summed E-state index contributed by atoms with van der Waals surface area (Å²) in [6, 6.07) is 7.42. The Hall–Kier alpha value is -1.56. The Bertz CT molecular complexity index is 462. The Labute approximate surface area is 127 Å². The van der Waals surface area contributed by atoms with Crippen molar-refractivity contribution in [3.05, 3.63) is 34.3 Å². The van der Waals surface area contributed by atoms with Crippen LogP contribution in [0.15, 0.2) is 28.7 Å². The van der Waals surface area contributed by atoms with E-state index in [9.17, 15) is 9.59 Å². The molecule has 1 rings (SSSR count). The Morgan fingerprint density at radius 1 is 1.35 bits per heavy atom. The summed E-state index contributed by atoms with van der Waals surface area (Å²) in [5.41, 5.74) is 1.01. The van der Waals surface area contributed by atoms with Crippen molar-refractivity contribution in [1.29, 1.82) is 0 Å². The highest BCUT2D eigenvalue weighted by Gasteiger charge is 2.17. The van der Waals surface area contributed by atoms with E-state index in [0.717, 1.165) is 10.0 Å². The third kappa shape index (κ3) is 5.21. The van der Waals surface area contributed by atoms with E-state index < -0.39 is 11.9 Å². The van der Waals surface area contributed by atoms with Crippen molar-refractivity contribution in [2.45, 2.75) is 19.9 Å². The van der Waals surface area contributed by atoms with Crippen molar-refractivity contribution in [2.75, 3.05) is 13.6 Å². The van der Waals surface area contributed by atoms with Crippen LogP contribution in [-0.4, -0.2) is 35.6 Å². The highest BCUT2D eigenvalue weighted by Crippen LogP contribution is 2.11. The molecule has 0 radical (unpaired) electrons. The van der Waals surface area contributed by atoms with Gasteiger partial charge in [0.25, 0.3) is 0 Å². The molecule has 0 aliphatic heterocycles. The molecular weight excluding hydrogens is 324 g/mol. The number of carbonyl (C=O) groups is 2. The summed E-state index contributed by atoms with van der Waals surface area (Å²) in [4.78, 5) is 24.3. The van der Waals surface area contributed by atoms with Gasteiger partial charge in [0.15, 0.2) is 0 Å². The molecule has 0 aliphatic carbocycles. The fourth-order valence-electron chi connectivity index (χ4n) is 1.69. The average Bonchev–Trinajstić information content (AvgIpc) is 2.41. The predicted molar refractivity (Wildman–Crippen MR) is 80.4 cm³/mol. The number of rotatable bonds is 6. The maximum absolute atomic E-state index is 11.9. The molecule has 1 atom stereocenters. The number of halogens is 1. The normalized spacial score (nSPS) is 11.8. The maximum Gasteiger partial charge on any atom is 0.317 e. The van der Waals surface area contributed by atoms with Crippen molar-refractivity contribution < 1.29 is 14.7 Å². The zero-order chi connectivity index (χ0) is 15.1. The largest absolute Gasteiger partial charge is 0.481 e. The van der Waals surface area contributed by atoms with E-state index in [1.165, 1.54) is 4.90 Å². The standard InChI is InChI=1S/C14H19BrN2O3/c1-3-11(13(18)19)8-16-14(20)17(2)9-10-4-6-12(15)7-5-10/h4-7,11H,3,8-9H2,1-2H3,(H,16,20)(H,18,19). The Morgan fingerprint density at radius 3 is 2.45 bits per heavy atom. The molecule has 0 spiro atoms. The van der Waals surface area contributed by atoms with Crippen LogP contribution in [0.5, 0.6) is 0 Å². The molecule has 110 valence electrons. The molecule has 1 aromatic carbocycles. The van der Waals surface area contributed by atoms with Gasteiger partial charge in [-0.25, -0.2) is 4.79 Å². The second-order valence-electron chi connectivity index (χ2n) is 4.61. The number of aliphatic carboxylic acids is 1. The summed E-state index contributed by atoms with van der Waals surface area (Å²) in [7, 11) is 1.68. The summed E-state index contributed by atoms with van der Waals surface area (Å²) in [5.74, 6) is -1.43. The molecule has 0 bridgehead atoms. The number of nitrogens with one attached hydrogen (secondary N) is 1. The first-order valence-corrected chi connectivity index (χ1v) is 7.19. The van der Waals surface area contributed by atoms with Gasteiger partial charge >= 0.3 is 12.0 Å². The topological polar surface area (TPSA) is 69.6 Å². The maximum atomic E-state index is 11.9. The first-order valence-electron chi connectivity index (χ1n) is 6.40. The summed E-state index contributed by atoms with van der Waals surface area (Å²) in [5, 5.41) is 11.6. The fraction of sp³-hybridized carbons (Fsp3) is 0.429. The minimum atomic E-state index is -0.886. The molecule has 0 aromatic heterocycles. The second-order valence-corrected chi connectivity index (χ2v) is 5.53. The lowest BCUT2D eigenvalue weighted by molar-refractivity contribution is -0.141. The summed E-state index contributed by atoms with van der Waals surface area (Å²) < 4.78 is 0.987. The third-order valence-corrected chi connectivity index (χ3v) is 3.55. The van der Waals surface area contributed by atoms with Gasteiger partial charge in [-0.15, -0.1) is 0 Å². The van der Waals surface area contributed by atoms with Gasteiger partial charge in [-0.1, -0.05) is 35.0 Å². The number of benzene rings is 1. The monoisotopic (exact) mass is 342 g/mol. The van der Waals surface area contributed by atoms with E-state index in [2.05, 4.69) is 21.2 Å². The lowest BCUT2D eigenvalue weighted by Crippen LogP contribution is -2.40. The number of amides is 2. The Morgan fingerprint density at radius 2 is 1.95 bits per heavy atom. The van der Waals surface area contributed by atoms with Crippen LogP contribution < -0.4 is 5.32 Å². The lowest BCUT2D eigenvalue weighted by atomic mass is 10.1. The molecule has 0 fully saturated rings. The molecule has 0 aliphatic rings. The van der Waals surface area contributed by atoms with E-state index in [0.29, 0.717) is 13.0 Å². The lowest BCUT2D eigenvalue weighted by Gasteiger charge is -2.19. The van der Waals surface area contributed by atoms with Crippen LogP contribution in [0.2, 0.25) is 0 Å². The van der Waals surface area contributed by atoms with Crippen molar-refractivity contribution in [3.8, 4) is 0 Å². The van der Waals surface area contributed by atoms with Gasteiger partial charge in [-0.05, 0) is 24.1 Å². The van der Waals surface area contributed by atoms with Crippen LogP contribution >= 0.6 is 15.9 Å². The molecule has 2 amide bonds. The van der Waals surface area contributed by atoms with Gasteiger partial charge in [0, 0.05) is 24.6 Å². The number of carbonyl (C=O) groups excluding carboxylic acids is 1. The molecule has 0 heterocycles. The van der Waals surface area contributed by atoms with Crippen LogP contribution in [0.3, 0.4) is 0 Å². The van der Waals surface area contributed by atoms with Crippen LogP contribution in [-0.2, 0) is 11.3 Å². The van der Waals surface area contributed by atoms with Crippen molar-refractivity contribution in [3.63, 3.8) is 0 Å². The number of hydrogen-bond donors (Lipinski definition) is 2. The molecule has 0 saturated heterocycles. The molecule has 6 heteroatoms. The van der Waals surface area contributed by atoms with Gasteiger partial charge < -0.3 is 15.3 Å². The first kappa shape index (κ1) is 16.5. The van der Waals surface area contributed by atoms with Crippen molar-refractivity contribution >= 4 is 27.9 Å². The SMILES string of the molecule is CCC(CNC(=O)N(C)Cc1ccc(Br)cc1)C(=O)O. The molecule has 1 unspecified atom stereocenters. The highest BCUT2D eigenvalue weighted by molar-refractivity contribution is 9.10. The van der Waals surface area contributed by atoms with Gasteiger partial charge in [0.2, 0.25) is 0 Å². The van der Waals surface area contributed by atoms with E-state index >= 15 is 0 Å². The smallest absolute Gasteiger partial charge is 0.317 e. The van der Waals surface area contributed by atoms with E-state index in [4.69, 9.17) is 5.11 Å². The predicted octanol–water partition coefficient (Wildman–Crippen LogP) is 2.70. The number of nitrogens with zero attached hydrogens (tertiary/aromatic N) is 1. The zero-order valence-electron chi connectivity index (χ0n) is 11.6. The third-order valence-electron chi connectivity index (χ3n) is 3.02. The summed E-state index contributed by atoms with van der Waals surface area (Å²) in [6.45, 7) is 2.41. The quantitative estimate of drug-likeness (QED) is 0.834. The number of hydrogen-bond acceptors (Lipinski definition) is 2. The minimum Gasteiger partial charge on any atom is -0.481 e. The Kier molecular flexibility index (Phi) is 6.51. The van der Waals surface area contributed by atoms with E-state index in [1.807, 2.05) is 24.3 Å². The van der Waals surface area contributed by atoms with Gasteiger partial charge in [-0.3, -0.25) is 4.79 Å². The van der Waals surface area contributed by atoms with Crippen LogP contribution in [0.4, 0.5) is 4.79 Å². The van der Waals surface area contributed by atoms with Crippen LogP contribution in [0.1, 0.15) is 18.9 Å². The van der Waals surface area contributed by atoms with Gasteiger partial charge in [0.05, 0.1) is 5.92 Å². The molecule has 0 saturated carbocycles. The molecule has 20 heavy (non-hydrogen) atoms. The Balaban J connectivity index is 2.46. The highest BCUT2D eigenvalue weighted by atomic mass is 79.9. The number of carboxylic acids is 1. The van der Waals surface area contributed by atoms with Crippen molar-refractivity contribution in [1.82, 2.24) is 10.2 Å². The molecular formula is C14H19BrN2O3. The molecule has 5 nitrogen and oxygen atoms in total. The second kappa shape index (κ2) is 7.89.